The number of carbonyl (C=O) groups excluding carboxylic acids is 2. The van der Waals surface area contributed by atoms with Gasteiger partial charge in [0, 0.05) is 6.20 Å². The van der Waals surface area contributed by atoms with E-state index >= 15 is 0 Å². The Kier molecular flexibility index (Phi) is 1.36. The predicted octanol–water partition coefficient (Wildman–Crippen LogP) is 0.0709. The first-order chi connectivity index (χ1) is 5.77. The second-order valence-corrected chi connectivity index (χ2v) is 2.49. The number of aromatic amines is 1. The van der Waals surface area contributed by atoms with E-state index in [1.807, 2.05) is 0 Å². The van der Waals surface area contributed by atoms with Crippen LogP contribution in [-0.4, -0.2) is 23.5 Å². The van der Waals surface area contributed by atoms with Crippen molar-refractivity contribution in [2.75, 3.05) is 11.4 Å². The molecule has 5 heteroatoms. The number of imide groups is 1. The fourth-order valence-electron chi connectivity index (χ4n) is 1.13. The van der Waals surface area contributed by atoms with Gasteiger partial charge in [0.05, 0.1) is 0 Å². The summed E-state index contributed by atoms with van der Waals surface area (Å²) in [7, 11) is 0. The molecule has 1 aromatic rings. The molecule has 5 nitrogen and oxygen atoms in total. The highest BCUT2D eigenvalue weighted by Gasteiger charge is 2.28. The lowest BCUT2D eigenvalue weighted by Gasteiger charge is -2.08. The Balaban J connectivity index is 2.26. The molecule has 0 bridgehead atoms. The third-order valence-electron chi connectivity index (χ3n) is 1.67. The van der Waals surface area contributed by atoms with Crippen LogP contribution in [0.4, 0.5) is 10.6 Å². The fourth-order valence-corrected chi connectivity index (χ4v) is 1.13. The highest BCUT2D eigenvalue weighted by Crippen LogP contribution is 2.12. The van der Waals surface area contributed by atoms with Crippen LogP contribution in [-0.2, 0) is 4.79 Å². The second kappa shape index (κ2) is 2.37. The van der Waals surface area contributed by atoms with Crippen LogP contribution in [0.5, 0.6) is 0 Å². The average molecular weight is 165 g/mol. The van der Waals surface area contributed by atoms with Crippen molar-refractivity contribution in [1.29, 1.82) is 0 Å². The van der Waals surface area contributed by atoms with Gasteiger partial charge in [-0.05, 0) is 12.1 Å². The van der Waals surface area contributed by atoms with Gasteiger partial charge in [0.1, 0.15) is 12.4 Å². The summed E-state index contributed by atoms with van der Waals surface area (Å²) in [5.74, 6) is 0.368. The summed E-state index contributed by atoms with van der Waals surface area (Å²) in [6, 6.07) is 3.13. The number of nitrogens with zero attached hydrogens (tertiary/aromatic N) is 1. The molecule has 1 aliphatic rings. The molecule has 12 heavy (non-hydrogen) atoms. The monoisotopic (exact) mass is 165 g/mol. The number of urea groups is 1. The van der Waals surface area contributed by atoms with E-state index in [1.165, 1.54) is 4.90 Å². The maximum Gasteiger partial charge on any atom is 0.330 e. The molecule has 0 spiro atoms. The van der Waals surface area contributed by atoms with Crippen LogP contribution < -0.4 is 10.2 Å². The quantitative estimate of drug-likeness (QED) is 0.578. The van der Waals surface area contributed by atoms with Gasteiger partial charge in [0.25, 0.3) is 0 Å². The molecule has 2 rings (SSSR count). The summed E-state index contributed by atoms with van der Waals surface area (Å²) in [5, 5.41) is 2.18. The zero-order valence-electron chi connectivity index (χ0n) is 6.20. The number of hydrogen-bond acceptors (Lipinski definition) is 2. The van der Waals surface area contributed by atoms with Crippen molar-refractivity contribution in [3.8, 4) is 0 Å². The summed E-state index contributed by atoms with van der Waals surface area (Å²) in [6.07, 6.45) is 1.70. The molecule has 1 aliphatic heterocycles. The first-order valence-corrected chi connectivity index (χ1v) is 3.52. The molecule has 0 saturated carbocycles. The van der Waals surface area contributed by atoms with E-state index in [-0.39, 0.29) is 18.5 Å². The number of carbonyl (C=O) groups is 2. The van der Waals surface area contributed by atoms with Crippen molar-refractivity contribution < 1.29 is 9.59 Å². The Bertz CT molecular complexity index is 317. The summed E-state index contributed by atoms with van der Waals surface area (Å²) in [5.41, 5.74) is 0. The van der Waals surface area contributed by atoms with Crippen LogP contribution in [0.15, 0.2) is 18.3 Å². The third-order valence-corrected chi connectivity index (χ3v) is 1.67. The van der Waals surface area contributed by atoms with Crippen LogP contribution in [0, 0.1) is 0 Å². The molecule has 0 radical (unpaired) electrons. The lowest BCUT2D eigenvalue weighted by molar-refractivity contribution is -0.117. The molecule has 2 N–H and O–H groups in total. The Hall–Kier alpha value is -1.78. The molecule has 62 valence electrons. The minimum Gasteiger partial charge on any atom is -0.348 e. The maximum absolute atomic E-state index is 11.1. The maximum atomic E-state index is 11.1. The van der Waals surface area contributed by atoms with Crippen LogP contribution in [0.3, 0.4) is 0 Å². The van der Waals surface area contributed by atoms with E-state index in [2.05, 4.69) is 10.3 Å². The minimum atomic E-state index is -0.373. The zero-order chi connectivity index (χ0) is 8.55. The Labute approximate surface area is 68.4 Å². The normalized spacial score (nSPS) is 16.8. The van der Waals surface area contributed by atoms with Crippen molar-refractivity contribution in [1.82, 2.24) is 10.3 Å². The molecule has 1 saturated heterocycles. The number of anilines is 1. The number of H-pyrrole nitrogens is 1. The van der Waals surface area contributed by atoms with Crippen molar-refractivity contribution in [3.63, 3.8) is 0 Å². The van der Waals surface area contributed by atoms with Crippen LogP contribution in [0.2, 0.25) is 0 Å². The molecule has 0 aromatic carbocycles. The van der Waals surface area contributed by atoms with Gasteiger partial charge in [-0.2, -0.15) is 0 Å². The van der Waals surface area contributed by atoms with Crippen molar-refractivity contribution in [2.24, 2.45) is 0 Å². The number of aromatic nitrogens is 1. The average Bonchev–Trinajstić information content (AvgIpc) is 2.58. The van der Waals surface area contributed by atoms with Gasteiger partial charge < -0.3 is 4.98 Å². The number of hydrogen-bond donors (Lipinski definition) is 2. The molecule has 1 aromatic heterocycles. The van der Waals surface area contributed by atoms with E-state index < -0.39 is 0 Å². The summed E-state index contributed by atoms with van der Waals surface area (Å²) in [6.45, 7) is 0.0966. The third kappa shape index (κ3) is 0.952. The topological polar surface area (TPSA) is 65.2 Å². The van der Waals surface area contributed by atoms with Gasteiger partial charge in [0.15, 0.2) is 0 Å². The van der Waals surface area contributed by atoms with E-state index in [0.717, 1.165) is 0 Å². The van der Waals surface area contributed by atoms with Gasteiger partial charge in [-0.25, -0.2) is 4.79 Å². The van der Waals surface area contributed by atoms with Gasteiger partial charge in [-0.15, -0.1) is 0 Å². The lowest BCUT2D eigenvalue weighted by atomic mass is 10.5. The SMILES string of the molecule is O=C1CN(c2ccc[nH]2)C(=O)N1. The largest absolute Gasteiger partial charge is 0.348 e. The zero-order valence-corrected chi connectivity index (χ0v) is 6.20. The Morgan fingerprint density at radius 2 is 2.25 bits per heavy atom. The molecule has 3 amide bonds. The molecule has 2 heterocycles. The van der Waals surface area contributed by atoms with E-state index in [9.17, 15) is 9.59 Å². The minimum absolute atomic E-state index is 0.0966. The lowest BCUT2D eigenvalue weighted by Crippen LogP contribution is -2.27. The number of amides is 3. The van der Waals surface area contributed by atoms with Gasteiger partial charge in [0.2, 0.25) is 5.91 Å². The summed E-state index contributed by atoms with van der Waals surface area (Å²) >= 11 is 0. The first-order valence-electron chi connectivity index (χ1n) is 3.52. The molecular formula is C7H7N3O2. The Morgan fingerprint density at radius 3 is 2.75 bits per heavy atom. The predicted molar refractivity (Wildman–Crippen MR) is 41.7 cm³/mol. The highest BCUT2D eigenvalue weighted by atomic mass is 16.2. The molecule has 0 aliphatic carbocycles. The fraction of sp³-hybridized carbons (Fsp3) is 0.143. The summed E-state index contributed by atoms with van der Waals surface area (Å²) < 4.78 is 0. The van der Waals surface area contributed by atoms with E-state index in [4.69, 9.17) is 0 Å². The van der Waals surface area contributed by atoms with Gasteiger partial charge >= 0.3 is 6.03 Å². The number of rotatable bonds is 1. The van der Waals surface area contributed by atoms with E-state index in [1.54, 1.807) is 18.3 Å². The molecular weight excluding hydrogens is 158 g/mol. The van der Waals surface area contributed by atoms with Crippen molar-refractivity contribution in [2.45, 2.75) is 0 Å². The van der Waals surface area contributed by atoms with Crippen molar-refractivity contribution >= 4 is 17.8 Å². The molecule has 0 atom stereocenters. The van der Waals surface area contributed by atoms with Gasteiger partial charge in [-0.1, -0.05) is 0 Å². The van der Waals surface area contributed by atoms with Gasteiger partial charge in [-0.3, -0.25) is 15.0 Å². The molecule has 1 fully saturated rings. The Morgan fingerprint density at radius 1 is 1.42 bits per heavy atom. The van der Waals surface area contributed by atoms with E-state index in [0.29, 0.717) is 5.82 Å². The summed E-state index contributed by atoms with van der Waals surface area (Å²) in [4.78, 5) is 26.0. The van der Waals surface area contributed by atoms with Crippen LogP contribution in [0.25, 0.3) is 0 Å². The van der Waals surface area contributed by atoms with Crippen LogP contribution >= 0.6 is 0 Å². The molecule has 0 unspecified atom stereocenters. The van der Waals surface area contributed by atoms with Crippen molar-refractivity contribution in [3.05, 3.63) is 18.3 Å². The van der Waals surface area contributed by atoms with Crippen LogP contribution in [0.1, 0.15) is 0 Å². The highest BCUT2D eigenvalue weighted by molar-refractivity contribution is 6.11. The smallest absolute Gasteiger partial charge is 0.330 e. The number of nitrogens with one attached hydrogen (secondary N) is 2. The standard InChI is InChI=1S/C7H7N3O2/c11-6-4-10(7(12)9-6)5-2-1-3-8-5/h1-3,8H,4H2,(H,9,11,12). The second-order valence-electron chi connectivity index (χ2n) is 2.49. The first kappa shape index (κ1) is 6.90.